The Balaban J connectivity index is 2.14. The third-order valence-electron chi connectivity index (χ3n) is 4.02. The number of imidazole rings is 1. The molecule has 0 fully saturated rings. The first-order valence-corrected chi connectivity index (χ1v) is 8.12. The lowest BCUT2D eigenvalue weighted by Gasteiger charge is -2.10. The van der Waals surface area contributed by atoms with E-state index in [-0.39, 0.29) is 0 Å². The summed E-state index contributed by atoms with van der Waals surface area (Å²) in [5.74, 6) is 0.651. The first-order chi connectivity index (χ1) is 11.9. The fraction of sp³-hybridized carbons (Fsp3) is 0.316. The largest absolute Gasteiger partial charge is 0.416 e. The van der Waals surface area contributed by atoms with E-state index in [4.69, 9.17) is 4.74 Å². The highest BCUT2D eigenvalue weighted by atomic mass is 19.4. The lowest BCUT2D eigenvalue weighted by molar-refractivity contribution is -0.137. The summed E-state index contributed by atoms with van der Waals surface area (Å²) in [5, 5.41) is 0. The van der Waals surface area contributed by atoms with E-state index in [0.717, 1.165) is 23.3 Å². The number of alkyl halides is 3. The molecule has 0 saturated heterocycles. The van der Waals surface area contributed by atoms with Crippen molar-refractivity contribution in [3.63, 3.8) is 0 Å². The molecule has 132 valence electrons. The van der Waals surface area contributed by atoms with Gasteiger partial charge in [-0.2, -0.15) is 13.2 Å². The van der Waals surface area contributed by atoms with Crippen molar-refractivity contribution in [1.82, 2.24) is 9.55 Å². The number of halogens is 3. The van der Waals surface area contributed by atoms with Gasteiger partial charge in [-0.1, -0.05) is 23.8 Å². The van der Waals surface area contributed by atoms with E-state index in [1.54, 1.807) is 0 Å². The van der Waals surface area contributed by atoms with Gasteiger partial charge in [0.2, 0.25) is 0 Å². The highest BCUT2D eigenvalue weighted by molar-refractivity contribution is 5.81. The molecule has 3 rings (SSSR count). The van der Waals surface area contributed by atoms with Crippen LogP contribution in [-0.4, -0.2) is 22.8 Å². The number of benzene rings is 2. The van der Waals surface area contributed by atoms with Crippen molar-refractivity contribution in [2.45, 2.75) is 26.6 Å². The lowest BCUT2D eigenvalue weighted by atomic mass is 10.1. The SMILES string of the molecule is CCOCCn1c(-c2cccc(C)c2)nc2cc(C(F)(F)F)ccc21. The molecule has 25 heavy (non-hydrogen) atoms. The molecule has 0 unspecified atom stereocenters. The maximum atomic E-state index is 13.0. The summed E-state index contributed by atoms with van der Waals surface area (Å²) in [5.41, 5.74) is 2.26. The third kappa shape index (κ3) is 3.69. The van der Waals surface area contributed by atoms with Gasteiger partial charge in [0.05, 0.1) is 23.2 Å². The summed E-state index contributed by atoms with van der Waals surface area (Å²) in [7, 11) is 0. The van der Waals surface area contributed by atoms with E-state index in [2.05, 4.69) is 4.98 Å². The average molecular weight is 348 g/mol. The van der Waals surface area contributed by atoms with Crippen LogP contribution in [0.25, 0.3) is 22.4 Å². The Morgan fingerprint density at radius 1 is 1.12 bits per heavy atom. The summed E-state index contributed by atoms with van der Waals surface area (Å²) in [6, 6.07) is 11.5. The average Bonchev–Trinajstić information content (AvgIpc) is 2.92. The van der Waals surface area contributed by atoms with Gasteiger partial charge in [0.1, 0.15) is 5.82 Å². The van der Waals surface area contributed by atoms with Crippen LogP contribution in [0.3, 0.4) is 0 Å². The molecule has 1 aromatic heterocycles. The van der Waals surface area contributed by atoms with Crippen molar-refractivity contribution >= 4 is 11.0 Å². The Morgan fingerprint density at radius 2 is 1.92 bits per heavy atom. The van der Waals surface area contributed by atoms with E-state index in [0.29, 0.717) is 36.6 Å². The predicted octanol–water partition coefficient (Wildman–Crippen LogP) is 5.07. The minimum Gasteiger partial charge on any atom is -0.380 e. The summed E-state index contributed by atoms with van der Waals surface area (Å²) >= 11 is 0. The fourth-order valence-corrected chi connectivity index (χ4v) is 2.84. The molecule has 0 aliphatic rings. The van der Waals surface area contributed by atoms with E-state index >= 15 is 0 Å². The van der Waals surface area contributed by atoms with Crippen LogP contribution >= 0.6 is 0 Å². The molecule has 0 atom stereocenters. The molecule has 0 amide bonds. The first kappa shape index (κ1) is 17.5. The van der Waals surface area contributed by atoms with E-state index in [1.807, 2.05) is 42.7 Å². The van der Waals surface area contributed by atoms with Crippen molar-refractivity contribution in [2.24, 2.45) is 0 Å². The van der Waals surface area contributed by atoms with Gasteiger partial charge in [0.25, 0.3) is 0 Å². The number of ether oxygens (including phenoxy) is 1. The highest BCUT2D eigenvalue weighted by Crippen LogP contribution is 2.33. The standard InChI is InChI=1S/C19H19F3N2O/c1-3-25-10-9-24-17-8-7-15(19(20,21)22)12-16(17)23-18(24)14-6-4-5-13(2)11-14/h4-8,11-12H,3,9-10H2,1-2H3. The number of hydrogen-bond acceptors (Lipinski definition) is 2. The van der Waals surface area contributed by atoms with Gasteiger partial charge in [0, 0.05) is 18.7 Å². The molecule has 0 bridgehead atoms. The zero-order chi connectivity index (χ0) is 18.0. The molecular weight excluding hydrogens is 329 g/mol. The molecule has 1 heterocycles. The number of aromatic nitrogens is 2. The molecule has 0 aliphatic carbocycles. The minimum atomic E-state index is -4.38. The van der Waals surface area contributed by atoms with E-state index in [1.165, 1.54) is 6.07 Å². The topological polar surface area (TPSA) is 27.1 Å². The Kier molecular flexibility index (Phi) is 4.81. The normalized spacial score (nSPS) is 12.0. The molecular formula is C19H19F3N2O. The van der Waals surface area contributed by atoms with Gasteiger partial charge in [0.15, 0.2) is 0 Å². The van der Waals surface area contributed by atoms with Gasteiger partial charge in [-0.3, -0.25) is 0 Å². The van der Waals surface area contributed by atoms with Crippen LogP contribution in [0.5, 0.6) is 0 Å². The first-order valence-electron chi connectivity index (χ1n) is 8.12. The maximum absolute atomic E-state index is 13.0. The smallest absolute Gasteiger partial charge is 0.380 e. The van der Waals surface area contributed by atoms with Crippen molar-refractivity contribution in [2.75, 3.05) is 13.2 Å². The fourth-order valence-electron chi connectivity index (χ4n) is 2.84. The van der Waals surface area contributed by atoms with Crippen LogP contribution < -0.4 is 0 Å². The minimum absolute atomic E-state index is 0.336. The van der Waals surface area contributed by atoms with Crippen LogP contribution in [0.4, 0.5) is 13.2 Å². The van der Waals surface area contributed by atoms with Crippen LogP contribution in [0.1, 0.15) is 18.1 Å². The second-order valence-corrected chi connectivity index (χ2v) is 5.85. The van der Waals surface area contributed by atoms with Gasteiger partial charge < -0.3 is 9.30 Å². The van der Waals surface area contributed by atoms with Crippen molar-refractivity contribution in [3.05, 3.63) is 53.6 Å². The van der Waals surface area contributed by atoms with E-state index < -0.39 is 11.7 Å². The van der Waals surface area contributed by atoms with Crippen molar-refractivity contribution < 1.29 is 17.9 Å². The van der Waals surface area contributed by atoms with Crippen molar-refractivity contribution in [3.8, 4) is 11.4 Å². The summed E-state index contributed by atoms with van der Waals surface area (Å²) in [6.45, 7) is 5.47. The van der Waals surface area contributed by atoms with Gasteiger partial charge in [-0.15, -0.1) is 0 Å². The number of aryl methyl sites for hydroxylation is 1. The number of hydrogen-bond donors (Lipinski definition) is 0. The summed E-state index contributed by atoms with van der Waals surface area (Å²) in [4.78, 5) is 4.48. The second-order valence-electron chi connectivity index (χ2n) is 5.85. The third-order valence-corrected chi connectivity index (χ3v) is 4.02. The number of rotatable bonds is 5. The summed E-state index contributed by atoms with van der Waals surface area (Å²) < 4.78 is 46.3. The molecule has 0 saturated carbocycles. The van der Waals surface area contributed by atoms with Gasteiger partial charge >= 0.3 is 6.18 Å². The van der Waals surface area contributed by atoms with Crippen LogP contribution in [-0.2, 0) is 17.5 Å². The van der Waals surface area contributed by atoms with Crippen LogP contribution in [0.15, 0.2) is 42.5 Å². The second kappa shape index (κ2) is 6.88. The molecule has 6 heteroatoms. The molecule has 0 aliphatic heterocycles. The Bertz CT molecular complexity index is 884. The van der Waals surface area contributed by atoms with Crippen LogP contribution in [0, 0.1) is 6.92 Å². The Morgan fingerprint density at radius 3 is 2.60 bits per heavy atom. The number of fused-ring (bicyclic) bond motifs is 1. The Hall–Kier alpha value is -2.34. The van der Waals surface area contributed by atoms with Crippen molar-refractivity contribution in [1.29, 1.82) is 0 Å². The maximum Gasteiger partial charge on any atom is 0.416 e. The number of nitrogens with zero attached hydrogens (tertiary/aromatic N) is 2. The summed E-state index contributed by atoms with van der Waals surface area (Å²) in [6.07, 6.45) is -4.38. The highest BCUT2D eigenvalue weighted by Gasteiger charge is 2.31. The quantitative estimate of drug-likeness (QED) is 0.602. The van der Waals surface area contributed by atoms with E-state index in [9.17, 15) is 13.2 Å². The molecule has 0 spiro atoms. The molecule has 3 aromatic rings. The zero-order valence-electron chi connectivity index (χ0n) is 14.1. The van der Waals surface area contributed by atoms with Gasteiger partial charge in [-0.05, 0) is 38.1 Å². The molecule has 3 nitrogen and oxygen atoms in total. The molecule has 0 N–H and O–H groups in total. The Labute approximate surface area is 144 Å². The zero-order valence-corrected chi connectivity index (χ0v) is 14.1. The molecule has 2 aromatic carbocycles. The van der Waals surface area contributed by atoms with Gasteiger partial charge in [-0.25, -0.2) is 4.98 Å². The monoisotopic (exact) mass is 348 g/mol. The lowest BCUT2D eigenvalue weighted by Crippen LogP contribution is -2.08. The van der Waals surface area contributed by atoms with Crippen LogP contribution in [0.2, 0.25) is 0 Å². The molecule has 0 radical (unpaired) electrons. The predicted molar refractivity (Wildman–Crippen MR) is 91.4 cm³/mol.